The lowest BCUT2D eigenvalue weighted by Crippen LogP contribution is -2.43. The van der Waals surface area contributed by atoms with E-state index in [1.807, 2.05) is 13.0 Å². The molecule has 0 fully saturated rings. The minimum absolute atomic E-state index is 0.000763. The molecule has 120 valence electrons. The number of carbonyl (C=O) groups excluding carboxylic acids is 2. The van der Waals surface area contributed by atoms with Crippen molar-refractivity contribution in [2.24, 2.45) is 11.8 Å². The van der Waals surface area contributed by atoms with E-state index in [0.717, 1.165) is 0 Å². The molecule has 0 bridgehead atoms. The fraction of sp³-hybridized carbons (Fsp3) is 0.750. The van der Waals surface area contributed by atoms with Crippen molar-refractivity contribution >= 4 is 20.0 Å². The highest BCUT2D eigenvalue weighted by Gasteiger charge is 2.40. The Hall–Kier alpha value is -0.943. The Morgan fingerprint density at radius 1 is 1.38 bits per heavy atom. The average molecular weight is 311 g/mol. The Kier molecular flexibility index (Phi) is 5.93. The highest BCUT2D eigenvalue weighted by molar-refractivity contribution is 6.74. The minimum atomic E-state index is -1.87. The van der Waals surface area contributed by atoms with E-state index in [-0.39, 0.29) is 28.6 Å². The predicted molar refractivity (Wildman–Crippen MR) is 87.6 cm³/mol. The number of nitrogens with one attached hydrogen (secondary N) is 1. The Bertz CT molecular complexity index is 424. The van der Waals surface area contributed by atoms with Crippen LogP contribution in [0.15, 0.2) is 12.2 Å². The molecular formula is C16H29NO3Si. The van der Waals surface area contributed by atoms with Gasteiger partial charge in [-0.25, -0.2) is 0 Å². The van der Waals surface area contributed by atoms with Gasteiger partial charge in [0.2, 0.25) is 5.91 Å². The van der Waals surface area contributed by atoms with Crippen LogP contribution in [-0.2, 0) is 14.0 Å². The lowest BCUT2D eigenvalue weighted by Gasteiger charge is -2.37. The molecule has 1 amide bonds. The second kappa shape index (κ2) is 6.88. The first kappa shape index (κ1) is 18.1. The molecule has 0 saturated heterocycles. The standard InChI is InChI=1S/C16H29NO3Si/c1-7-17-15(19)10-12-8-9-14(18)13(12)11-20-21(5,6)16(2,3)4/h8-9,12-13H,7,10-11H2,1-6H3,(H,17,19)/t12-,13+/m1/s1. The third-order valence-corrected chi connectivity index (χ3v) is 9.12. The van der Waals surface area contributed by atoms with Crippen molar-refractivity contribution in [2.75, 3.05) is 13.2 Å². The molecule has 0 aromatic heterocycles. The molecule has 5 heteroatoms. The van der Waals surface area contributed by atoms with Crippen molar-refractivity contribution in [3.05, 3.63) is 12.2 Å². The van der Waals surface area contributed by atoms with Crippen molar-refractivity contribution in [1.82, 2.24) is 5.32 Å². The number of rotatable bonds is 6. The van der Waals surface area contributed by atoms with Crippen molar-refractivity contribution < 1.29 is 14.0 Å². The van der Waals surface area contributed by atoms with Crippen LogP contribution in [0.25, 0.3) is 0 Å². The zero-order valence-corrected chi connectivity index (χ0v) is 15.2. The van der Waals surface area contributed by atoms with Crippen LogP contribution >= 0.6 is 0 Å². The van der Waals surface area contributed by atoms with Gasteiger partial charge in [0.15, 0.2) is 14.1 Å². The van der Waals surface area contributed by atoms with Crippen LogP contribution in [0.4, 0.5) is 0 Å². The summed E-state index contributed by atoms with van der Waals surface area (Å²) in [5.41, 5.74) is 0. The predicted octanol–water partition coefficient (Wildman–Crippen LogP) is 2.91. The van der Waals surface area contributed by atoms with Crippen LogP contribution < -0.4 is 5.32 Å². The summed E-state index contributed by atoms with van der Waals surface area (Å²) in [6.07, 6.45) is 3.82. The Balaban J connectivity index is 2.64. The van der Waals surface area contributed by atoms with E-state index in [0.29, 0.717) is 19.6 Å². The molecule has 0 radical (unpaired) electrons. The summed E-state index contributed by atoms with van der Waals surface area (Å²) in [4.78, 5) is 23.7. The molecule has 0 heterocycles. The second-order valence-corrected chi connectivity index (χ2v) is 12.1. The van der Waals surface area contributed by atoms with Gasteiger partial charge < -0.3 is 9.74 Å². The van der Waals surface area contributed by atoms with Gasteiger partial charge in [0, 0.05) is 19.6 Å². The van der Waals surface area contributed by atoms with Crippen LogP contribution in [0.2, 0.25) is 18.1 Å². The third-order valence-electron chi connectivity index (χ3n) is 4.61. The molecule has 1 aliphatic rings. The van der Waals surface area contributed by atoms with Gasteiger partial charge in [-0.3, -0.25) is 9.59 Å². The summed E-state index contributed by atoms with van der Waals surface area (Å²) >= 11 is 0. The van der Waals surface area contributed by atoms with E-state index >= 15 is 0 Å². The van der Waals surface area contributed by atoms with Gasteiger partial charge in [-0.1, -0.05) is 26.8 Å². The van der Waals surface area contributed by atoms with Crippen LogP contribution in [-0.4, -0.2) is 33.2 Å². The topological polar surface area (TPSA) is 55.4 Å². The van der Waals surface area contributed by atoms with E-state index in [1.165, 1.54) is 0 Å². The lowest BCUT2D eigenvalue weighted by atomic mass is 9.92. The fourth-order valence-electron chi connectivity index (χ4n) is 2.10. The maximum atomic E-state index is 12.0. The highest BCUT2D eigenvalue weighted by Crippen LogP contribution is 2.37. The second-order valence-electron chi connectivity index (χ2n) is 7.26. The molecule has 21 heavy (non-hydrogen) atoms. The van der Waals surface area contributed by atoms with Gasteiger partial charge in [-0.05, 0) is 37.0 Å². The summed E-state index contributed by atoms with van der Waals surface area (Å²) in [6, 6.07) is 0. The average Bonchev–Trinajstić information content (AvgIpc) is 2.66. The summed E-state index contributed by atoms with van der Waals surface area (Å²) in [5, 5.41) is 2.91. The largest absolute Gasteiger partial charge is 0.416 e. The molecule has 0 aromatic rings. The Morgan fingerprint density at radius 3 is 2.52 bits per heavy atom. The molecule has 0 unspecified atom stereocenters. The van der Waals surface area contributed by atoms with Gasteiger partial charge >= 0.3 is 0 Å². The highest BCUT2D eigenvalue weighted by atomic mass is 28.4. The SMILES string of the molecule is CCNC(=O)C[C@H]1C=CC(=O)[C@H]1CO[Si](C)(C)C(C)(C)C. The van der Waals surface area contributed by atoms with E-state index in [4.69, 9.17) is 4.43 Å². The molecule has 2 atom stereocenters. The molecule has 0 aliphatic heterocycles. The van der Waals surface area contributed by atoms with Gasteiger partial charge in [0.1, 0.15) is 0 Å². The van der Waals surface area contributed by atoms with Crippen molar-refractivity contribution in [2.45, 2.75) is 52.2 Å². The van der Waals surface area contributed by atoms with Crippen molar-refractivity contribution in [1.29, 1.82) is 0 Å². The quantitative estimate of drug-likeness (QED) is 0.767. The molecule has 1 aliphatic carbocycles. The Labute approximate surface area is 129 Å². The van der Waals surface area contributed by atoms with E-state index in [2.05, 4.69) is 39.2 Å². The van der Waals surface area contributed by atoms with Crippen LogP contribution in [0.5, 0.6) is 0 Å². The molecular weight excluding hydrogens is 282 g/mol. The van der Waals surface area contributed by atoms with Gasteiger partial charge in [-0.15, -0.1) is 0 Å². The first-order valence-electron chi connectivity index (χ1n) is 7.71. The maximum absolute atomic E-state index is 12.0. The summed E-state index contributed by atoms with van der Waals surface area (Å²) in [6.45, 7) is 13.8. The van der Waals surface area contributed by atoms with Gasteiger partial charge in [0.05, 0.1) is 5.92 Å². The van der Waals surface area contributed by atoms with E-state index in [1.54, 1.807) is 6.08 Å². The van der Waals surface area contributed by atoms with Gasteiger partial charge in [-0.2, -0.15) is 0 Å². The molecule has 1 N–H and O–H groups in total. The maximum Gasteiger partial charge on any atom is 0.220 e. The van der Waals surface area contributed by atoms with Crippen molar-refractivity contribution in [3.8, 4) is 0 Å². The van der Waals surface area contributed by atoms with E-state index < -0.39 is 8.32 Å². The smallest absolute Gasteiger partial charge is 0.220 e. The number of allylic oxidation sites excluding steroid dienone is 2. The molecule has 1 rings (SSSR count). The minimum Gasteiger partial charge on any atom is -0.416 e. The van der Waals surface area contributed by atoms with Crippen LogP contribution in [0.1, 0.15) is 34.1 Å². The molecule has 0 aromatic carbocycles. The zero-order chi connectivity index (χ0) is 16.3. The number of hydrogen-bond donors (Lipinski definition) is 1. The monoisotopic (exact) mass is 311 g/mol. The summed E-state index contributed by atoms with van der Waals surface area (Å²) in [7, 11) is -1.87. The van der Waals surface area contributed by atoms with Gasteiger partial charge in [0.25, 0.3) is 0 Å². The summed E-state index contributed by atoms with van der Waals surface area (Å²) in [5.74, 6) is -0.155. The van der Waals surface area contributed by atoms with Crippen LogP contribution in [0.3, 0.4) is 0 Å². The first-order chi connectivity index (χ1) is 9.58. The number of amides is 1. The normalized spacial score (nSPS) is 22.7. The first-order valence-corrected chi connectivity index (χ1v) is 10.6. The summed E-state index contributed by atoms with van der Waals surface area (Å²) < 4.78 is 6.17. The number of carbonyl (C=O) groups is 2. The lowest BCUT2D eigenvalue weighted by molar-refractivity contribution is -0.123. The van der Waals surface area contributed by atoms with Crippen molar-refractivity contribution in [3.63, 3.8) is 0 Å². The molecule has 0 spiro atoms. The Morgan fingerprint density at radius 2 is 2.00 bits per heavy atom. The van der Waals surface area contributed by atoms with Crippen LogP contribution in [0, 0.1) is 11.8 Å². The number of ketones is 1. The molecule has 0 saturated carbocycles. The molecule has 4 nitrogen and oxygen atoms in total. The van der Waals surface area contributed by atoms with E-state index in [9.17, 15) is 9.59 Å². The zero-order valence-electron chi connectivity index (χ0n) is 14.2. The third kappa shape index (κ3) is 4.78. The fourth-order valence-corrected chi connectivity index (χ4v) is 3.13. The number of hydrogen-bond acceptors (Lipinski definition) is 3.